The summed E-state index contributed by atoms with van der Waals surface area (Å²) >= 11 is 0. The molecule has 0 unspecified atom stereocenters. The van der Waals surface area contributed by atoms with E-state index in [2.05, 4.69) is 47.4 Å². The first-order chi connectivity index (χ1) is 10.1. The van der Waals surface area contributed by atoms with E-state index >= 15 is 0 Å². The zero-order valence-corrected chi connectivity index (χ0v) is 13.2. The average Bonchev–Trinajstić information content (AvgIpc) is 2.48. The minimum absolute atomic E-state index is 0.823. The van der Waals surface area contributed by atoms with Gasteiger partial charge in [0.1, 0.15) is 11.6 Å². The van der Waals surface area contributed by atoms with Crippen LogP contribution in [0.3, 0.4) is 0 Å². The van der Waals surface area contributed by atoms with Gasteiger partial charge in [-0.3, -0.25) is 0 Å². The smallest absolute Gasteiger partial charge is 0.131 e. The van der Waals surface area contributed by atoms with Gasteiger partial charge in [-0.25, -0.2) is 4.98 Å². The van der Waals surface area contributed by atoms with Crippen LogP contribution in [0.4, 0.5) is 5.82 Å². The first-order valence-electron chi connectivity index (χ1n) is 7.08. The first kappa shape index (κ1) is 15.3. The Balaban J connectivity index is 2.10. The van der Waals surface area contributed by atoms with Crippen molar-refractivity contribution in [2.45, 2.75) is 20.0 Å². The molecular weight excluding hydrogens is 262 g/mol. The van der Waals surface area contributed by atoms with Gasteiger partial charge in [-0.15, -0.1) is 0 Å². The standard InChI is InChI=1S/C17H23N3O/c1-13-9-15(10-18-2)11-19-17(13)20(3)12-14-5-7-16(21-4)8-6-14/h5-9,11,18H,10,12H2,1-4H3. The number of nitrogens with one attached hydrogen (secondary N) is 1. The van der Waals surface area contributed by atoms with Crippen LogP contribution in [-0.4, -0.2) is 26.2 Å². The molecule has 0 saturated carbocycles. The molecule has 0 aliphatic heterocycles. The molecule has 21 heavy (non-hydrogen) atoms. The molecule has 0 aliphatic rings. The highest BCUT2D eigenvalue weighted by atomic mass is 16.5. The van der Waals surface area contributed by atoms with Crippen LogP contribution in [0.5, 0.6) is 5.75 Å². The lowest BCUT2D eigenvalue weighted by atomic mass is 10.1. The minimum Gasteiger partial charge on any atom is -0.497 e. The molecule has 0 aliphatic carbocycles. The summed E-state index contributed by atoms with van der Waals surface area (Å²) in [5, 5.41) is 3.15. The third kappa shape index (κ3) is 3.95. The summed E-state index contributed by atoms with van der Waals surface area (Å²) in [6.07, 6.45) is 1.93. The number of nitrogens with zero attached hydrogens (tertiary/aromatic N) is 2. The summed E-state index contributed by atoms with van der Waals surface area (Å²) in [4.78, 5) is 6.75. The first-order valence-corrected chi connectivity index (χ1v) is 7.08. The van der Waals surface area contributed by atoms with Crippen LogP contribution >= 0.6 is 0 Å². The zero-order valence-electron chi connectivity index (χ0n) is 13.2. The monoisotopic (exact) mass is 285 g/mol. The van der Waals surface area contributed by atoms with Gasteiger partial charge in [0, 0.05) is 26.3 Å². The predicted octanol–water partition coefficient (Wildman–Crippen LogP) is 2.75. The van der Waals surface area contributed by atoms with Gasteiger partial charge in [-0.05, 0) is 48.9 Å². The molecule has 0 amide bonds. The number of aryl methyl sites for hydroxylation is 1. The molecule has 2 aromatic rings. The number of hydrogen-bond acceptors (Lipinski definition) is 4. The molecule has 0 bridgehead atoms. The van der Waals surface area contributed by atoms with Gasteiger partial charge >= 0.3 is 0 Å². The van der Waals surface area contributed by atoms with E-state index in [1.165, 1.54) is 16.7 Å². The molecule has 4 nitrogen and oxygen atoms in total. The van der Waals surface area contributed by atoms with Crippen molar-refractivity contribution in [1.82, 2.24) is 10.3 Å². The van der Waals surface area contributed by atoms with Gasteiger partial charge in [0.25, 0.3) is 0 Å². The minimum atomic E-state index is 0.823. The maximum Gasteiger partial charge on any atom is 0.131 e. The van der Waals surface area contributed by atoms with Crippen molar-refractivity contribution in [2.75, 3.05) is 26.1 Å². The van der Waals surface area contributed by atoms with Crippen molar-refractivity contribution in [2.24, 2.45) is 0 Å². The number of aromatic nitrogens is 1. The second-order valence-electron chi connectivity index (χ2n) is 5.22. The molecule has 4 heteroatoms. The molecule has 0 atom stereocenters. The number of rotatable bonds is 6. The van der Waals surface area contributed by atoms with Crippen LogP contribution in [0, 0.1) is 6.92 Å². The van der Waals surface area contributed by atoms with Gasteiger partial charge in [-0.1, -0.05) is 12.1 Å². The Bertz CT molecular complexity index is 581. The molecule has 0 fully saturated rings. The highest BCUT2D eigenvalue weighted by molar-refractivity contribution is 5.47. The van der Waals surface area contributed by atoms with Crippen LogP contribution in [0.2, 0.25) is 0 Å². The van der Waals surface area contributed by atoms with E-state index in [9.17, 15) is 0 Å². The van der Waals surface area contributed by atoms with Crippen LogP contribution in [0.25, 0.3) is 0 Å². The lowest BCUT2D eigenvalue weighted by Crippen LogP contribution is -2.19. The lowest BCUT2D eigenvalue weighted by molar-refractivity contribution is 0.414. The fourth-order valence-electron chi connectivity index (χ4n) is 2.41. The average molecular weight is 285 g/mol. The molecule has 112 valence electrons. The molecular formula is C17H23N3O. The molecule has 1 N–H and O–H groups in total. The van der Waals surface area contributed by atoms with Crippen LogP contribution < -0.4 is 15.0 Å². The Morgan fingerprint density at radius 3 is 2.48 bits per heavy atom. The lowest BCUT2D eigenvalue weighted by Gasteiger charge is -2.21. The fourth-order valence-corrected chi connectivity index (χ4v) is 2.41. The molecule has 0 radical (unpaired) electrons. The number of anilines is 1. The Labute approximate surface area is 126 Å². The molecule has 1 aromatic carbocycles. The third-order valence-corrected chi connectivity index (χ3v) is 3.43. The Morgan fingerprint density at radius 2 is 1.90 bits per heavy atom. The highest BCUT2D eigenvalue weighted by Gasteiger charge is 2.08. The molecule has 1 aromatic heterocycles. The number of pyridine rings is 1. The van der Waals surface area contributed by atoms with Crippen LogP contribution in [-0.2, 0) is 13.1 Å². The molecule has 0 saturated heterocycles. The molecule has 0 spiro atoms. The summed E-state index contributed by atoms with van der Waals surface area (Å²) in [6.45, 7) is 3.77. The van der Waals surface area contributed by atoms with Crippen molar-refractivity contribution in [3.8, 4) is 5.75 Å². The summed E-state index contributed by atoms with van der Waals surface area (Å²) in [5.74, 6) is 1.90. The number of benzene rings is 1. The second kappa shape index (κ2) is 7.09. The quantitative estimate of drug-likeness (QED) is 0.885. The van der Waals surface area contributed by atoms with E-state index in [-0.39, 0.29) is 0 Å². The van der Waals surface area contributed by atoms with Crippen LogP contribution in [0.1, 0.15) is 16.7 Å². The Morgan fingerprint density at radius 1 is 1.19 bits per heavy atom. The Kier molecular flexibility index (Phi) is 5.17. The number of ether oxygens (including phenoxy) is 1. The van der Waals surface area contributed by atoms with E-state index in [4.69, 9.17) is 4.74 Å². The van der Waals surface area contributed by atoms with Gasteiger partial charge < -0.3 is 15.0 Å². The van der Waals surface area contributed by atoms with E-state index in [0.717, 1.165) is 24.7 Å². The van der Waals surface area contributed by atoms with Crippen LogP contribution in [0.15, 0.2) is 36.5 Å². The fraction of sp³-hybridized carbons (Fsp3) is 0.353. The summed E-state index contributed by atoms with van der Waals surface area (Å²) < 4.78 is 5.18. The Hall–Kier alpha value is -2.07. The third-order valence-electron chi connectivity index (χ3n) is 3.43. The second-order valence-corrected chi connectivity index (χ2v) is 5.22. The maximum atomic E-state index is 5.18. The van der Waals surface area contributed by atoms with E-state index in [1.54, 1.807) is 7.11 Å². The topological polar surface area (TPSA) is 37.4 Å². The van der Waals surface area contributed by atoms with Crippen molar-refractivity contribution in [3.63, 3.8) is 0 Å². The van der Waals surface area contributed by atoms with E-state index in [0.29, 0.717) is 0 Å². The summed E-state index contributed by atoms with van der Waals surface area (Å²) in [7, 11) is 5.69. The molecule has 1 heterocycles. The zero-order chi connectivity index (χ0) is 15.2. The van der Waals surface area contributed by atoms with Crippen molar-refractivity contribution >= 4 is 5.82 Å². The number of methoxy groups -OCH3 is 1. The predicted molar refractivity (Wildman–Crippen MR) is 86.8 cm³/mol. The van der Waals surface area contributed by atoms with Crippen molar-refractivity contribution in [3.05, 3.63) is 53.2 Å². The maximum absolute atomic E-state index is 5.18. The van der Waals surface area contributed by atoms with Gasteiger partial charge in [0.15, 0.2) is 0 Å². The number of hydrogen-bond donors (Lipinski definition) is 1. The van der Waals surface area contributed by atoms with Gasteiger partial charge in [0.2, 0.25) is 0 Å². The van der Waals surface area contributed by atoms with E-state index in [1.807, 2.05) is 25.4 Å². The summed E-state index contributed by atoms with van der Waals surface area (Å²) in [6, 6.07) is 10.3. The normalized spacial score (nSPS) is 10.5. The SMILES string of the molecule is CNCc1cnc(N(C)Cc2ccc(OC)cc2)c(C)c1. The van der Waals surface area contributed by atoms with Crippen molar-refractivity contribution in [1.29, 1.82) is 0 Å². The highest BCUT2D eigenvalue weighted by Crippen LogP contribution is 2.20. The van der Waals surface area contributed by atoms with Gasteiger partial charge in [0.05, 0.1) is 7.11 Å². The van der Waals surface area contributed by atoms with E-state index < -0.39 is 0 Å². The van der Waals surface area contributed by atoms with Crippen molar-refractivity contribution < 1.29 is 4.74 Å². The largest absolute Gasteiger partial charge is 0.497 e. The van der Waals surface area contributed by atoms with Gasteiger partial charge in [-0.2, -0.15) is 0 Å². The summed E-state index contributed by atoms with van der Waals surface area (Å²) in [5.41, 5.74) is 3.63. The molecule has 2 rings (SSSR count).